The third-order valence-corrected chi connectivity index (χ3v) is 4.79. The van der Waals surface area contributed by atoms with Gasteiger partial charge in [-0.3, -0.25) is 9.59 Å². The molecule has 0 unspecified atom stereocenters. The predicted octanol–water partition coefficient (Wildman–Crippen LogP) is 0.862. The number of nitrogens with two attached hydrogens (primary N) is 1. The van der Waals surface area contributed by atoms with Gasteiger partial charge in [0.2, 0.25) is 11.8 Å². The standard InChI is InChI=1S/C15H24N6O2S/c1-5-21-12(7-6-11(17)22)19-20-14(21)24-8-13(23)18-15(4,9-16)10(2)3/h10H,5-8H2,1-4H3,(H2,17,22)(H,18,23)/t15-/m1/s1. The highest BCUT2D eigenvalue weighted by molar-refractivity contribution is 7.99. The van der Waals surface area contributed by atoms with E-state index in [9.17, 15) is 14.9 Å². The van der Waals surface area contributed by atoms with E-state index < -0.39 is 11.4 Å². The van der Waals surface area contributed by atoms with E-state index >= 15 is 0 Å². The maximum Gasteiger partial charge on any atom is 0.231 e. The van der Waals surface area contributed by atoms with Crippen molar-refractivity contribution in [2.75, 3.05) is 5.75 Å². The van der Waals surface area contributed by atoms with Crippen molar-refractivity contribution in [1.82, 2.24) is 20.1 Å². The molecule has 0 aliphatic carbocycles. The molecule has 3 N–H and O–H groups in total. The summed E-state index contributed by atoms with van der Waals surface area (Å²) in [7, 11) is 0. The minimum Gasteiger partial charge on any atom is -0.370 e. The molecule has 0 fully saturated rings. The van der Waals surface area contributed by atoms with E-state index in [1.165, 1.54) is 11.8 Å². The van der Waals surface area contributed by atoms with E-state index in [1.54, 1.807) is 6.92 Å². The van der Waals surface area contributed by atoms with Gasteiger partial charge in [-0.2, -0.15) is 5.26 Å². The number of carbonyl (C=O) groups excluding carboxylic acids is 2. The first-order valence-corrected chi connectivity index (χ1v) is 8.77. The summed E-state index contributed by atoms with van der Waals surface area (Å²) in [5.74, 6) is 0.179. The van der Waals surface area contributed by atoms with Crippen LogP contribution in [0.15, 0.2) is 5.16 Å². The highest BCUT2D eigenvalue weighted by Crippen LogP contribution is 2.19. The van der Waals surface area contributed by atoms with E-state index in [0.29, 0.717) is 23.9 Å². The van der Waals surface area contributed by atoms with Crippen LogP contribution in [0.2, 0.25) is 0 Å². The van der Waals surface area contributed by atoms with Gasteiger partial charge < -0.3 is 15.6 Å². The number of amides is 2. The number of carbonyl (C=O) groups is 2. The van der Waals surface area contributed by atoms with Gasteiger partial charge in [0, 0.05) is 19.4 Å². The first-order chi connectivity index (χ1) is 11.2. The van der Waals surface area contributed by atoms with Gasteiger partial charge in [-0.15, -0.1) is 10.2 Å². The zero-order valence-corrected chi connectivity index (χ0v) is 15.3. The van der Waals surface area contributed by atoms with Crippen LogP contribution in [0, 0.1) is 17.2 Å². The van der Waals surface area contributed by atoms with Crippen LogP contribution in [-0.2, 0) is 22.6 Å². The Morgan fingerprint density at radius 2 is 2.12 bits per heavy atom. The topological polar surface area (TPSA) is 127 Å². The van der Waals surface area contributed by atoms with E-state index in [4.69, 9.17) is 5.73 Å². The zero-order chi connectivity index (χ0) is 18.3. The summed E-state index contributed by atoms with van der Waals surface area (Å²) >= 11 is 1.25. The summed E-state index contributed by atoms with van der Waals surface area (Å²) in [4.78, 5) is 23.0. The molecule has 0 saturated heterocycles. The Hall–Kier alpha value is -2.08. The molecule has 1 rings (SSSR count). The van der Waals surface area contributed by atoms with E-state index in [1.807, 2.05) is 25.3 Å². The second-order valence-electron chi connectivity index (χ2n) is 5.92. The van der Waals surface area contributed by atoms with Gasteiger partial charge in [-0.25, -0.2) is 0 Å². The van der Waals surface area contributed by atoms with Gasteiger partial charge in [0.1, 0.15) is 11.4 Å². The quantitative estimate of drug-likeness (QED) is 0.635. The van der Waals surface area contributed by atoms with Crippen molar-refractivity contribution in [3.05, 3.63) is 5.82 Å². The average molecular weight is 352 g/mol. The first-order valence-electron chi connectivity index (χ1n) is 7.79. The maximum atomic E-state index is 12.1. The number of thioether (sulfide) groups is 1. The van der Waals surface area contributed by atoms with Crippen LogP contribution in [0.4, 0.5) is 0 Å². The second kappa shape index (κ2) is 8.68. The Balaban J connectivity index is 2.69. The van der Waals surface area contributed by atoms with Crippen LogP contribution in [0.3, 0.4) is 0 Å². The number of hydrogen-bond acceptors (Lipinski definition) is 6. The highest BCUT2D eigenvalue weighted by Gasteiger charge is 2.30. The molecule has 2 amide bonds. The summed E-state index contributed by atoms with van der Waals surface area (Å²) in [6, 6.07) is 2.14. The highest BCUT2D eigenvalue weighted by atomic mass is 32.2. The summed E-state index contributed by atoms with van der Waals surface area (Å²) in [6.07, 6.45) is 0.626. The molecule has 1 atom stereocenters. The third kappa shape index (κ3) is 5.23. The lowest BCUT2D eigenvalue weighted by molar-refractivity contribution is -0.120. The van der Waals surface area contributed by atoms with Crippen LogP contribution >= 0.6 is 11.8 Å². The lowest BCUT2D eigenvalue weighted by Gasteiger charge is -2.27. The van der Waals surface area contributed by atoms with E-state index in [2.05, 4.69) is 21.6 Å². The van der Waals surface area contributed by atoms with Gasteiger partial charge in [-0.05, 0) is 19.8 Å². The van der Waals surface area contributed by atoms with Crippen molar-refractivity contribution in [3.63, 3.8) is 0 Å². The van der Waals surface area contributed by atoms with Crippen LogP contribution in [0.1, 0.15) is 39.9 Å². The minimum atomic E-state index is -0.900. The van der Waals surface area contributed by atoms with Crippen molar-refractivity contribution in [3.8, 4) is 6.07 Å². The molecule has 0 bridgehead atoms. The number of hydrogen-bond donors (Lipinski definition) is 2. The minimum absolute atomic E-state index is 0.00357. The molecule has 132 valence electrons. The fourth-order valence-electron chi connectivity index (χ4n) is 1.92. The van der Waals surface area contributed by atoms with Gasteiger partial charge in [0.05, 0.1) is 11.8 Å². The number of rotatable bonds is 9. The Morgan fingerprint density at radius 3 is 2.62 bits per heavy atom. The Labute approximate surface area is 146 Å². The Morgan fingerprint density at radius 1 is 1.46 bits per heavy atom. The van der Waals surface area contributed by atoms with Gasteiger partial charge in [0.25, 0.3) is 0 Å². The molecule has 0 aliphatic rings. The van der Waals surface area contributed by atoms with Crippen molar-refractivity contribution in [2.24, 2.45) is 11.7 Å². The van der Waals surface area contributed by atoms with E-state index in [-0.39, 0.29) is 24.0 Å². The summed E-state index contributed by atoms with van der Waals surface area (Å²) in [5, 5.41) is 20.7. The van der Waals surface area contributed by atoms with Crippen LogP contribution in [0.25, 0.3) is 0 Å². The fraction of sp³-hybridized carbons (Fsp3) is 0.667. The lowest BCUT2D eigenvalue weighted by atomic mass is 9.90. The predicted molar refractivity (Wildman–Crippen MR) is 90.9 cm³/mol. The summed E-state index contributed by atoms with van der Waals surface area (Å²) < 4.78 is 1.85. The van der Waals surface area contributed by atoms with Gasteiger partial charge in [-0.1, -0.05) is 25.6 Å². The lowest BCUT2D eigenvalue weighted by Crippen LogP contribution is -2.49. The third-order valence-electron chi connectivity index (χ3n) is 3.82. The average Bonchev–Trinajstić information content (AvgIpc) is 2.92. The molecule has 24 heavy (non-hydrogen) atoms. The Kier molecular flexibility index (Phi) is 7.22. The number of nitriles is 1. The second-order valence-corrected chi connectivity index (χ2v) is 6.86. The van der Waals surface area contributed by atoms with Crippen molar-refractivity contribution in [2.45, 2.75) is 57.8 Å². The molecule has 0 saturated carbocycles. The smallest absolute Gasteiger partial charge is 0.231 e. The van der Waals surface area contributed by atoms with Crippen LogP contribution in [-0.4, -0.2) is 37.9 Å². The number of nitrogens with one attached hydrogen (secondary N) is 1. The Bertz CT molecular complexity index is 636. The monoisotopic (exact) mass is 352 g/mol. The number of aryl methyl sites for hydroxylation is 1. The molecule has 9 heteroatoms. The first kappa shape index (κ1) is 20.0. The van der Waals surface area contributed by atoms with Crippen molar-refractivity contribution < 1.29 is 9.59 Å². The molecule has 1 aromatic rings. The van der Waals surface area contributed by atoms with Crippen molar-refractivity contribution in [1.29, 1.82) is 5.26 Å². The number of aromatic nitrogens is 3. The van der Waals surface area contributed by atoms with Gasteiger partial charge >= 0.3 is 0 Å². The summed E-state index contributed by atoms with van der Waals surface area (Å²) in [6.45, 7) is 8.04. The summed E-state index contributed by atoms with van der Waals surface area (Å²) in [5.41, 5.74) is 4.25. The number of primary amides is 1. The van der Waals surface area contributed by atoms with Crippen LogP contribution < -0.4 is 11.1 Å². The molecule has 8 nitrogen and oxygen atoms in total. The molecular weight excluding hydrogens is 328 g/mol. The molecule has 1 heterocycles. The van der Waals surface area contributed by atoms with Crippen LogP contribution in [0.5, 0.6) is 0 Å². The molecule has 0 spiro atoms. The fourth-order valence-corrected chi connectivity index (χ4v) is 2.74. The van der Waals surface area contributed by atoms with Gasteiger partial charge in [0.15, 0.2) is 5.16 Å². The number of nitrogens with zero attached hydrogens (tertiary/aromatic N) is 4. The molecule has 0 aromatic carbocycles. The zero-order valence-electron chi connectivity index (χ0n) is 14.5. The normalized spacial score (nSPS) is 13.3. The largest absolute Gasteiger partial charge is 0.370 e. The van der Waals surface area contributed by atoms with Crippen molar-refractivity contribution >= 4 is 23.6 Å². The maximum absolute atomic E-state index is 12.1. The SMILES string of the molecule is CCn1c(CCC(N)=O)nnc1SCC(=O)N[C@](C)(C#N)C(C)C. The molecular formula is C15H24N6O2S. The molecule has 1 aromatic heterocycles. The molecule has 0 radical (unpaired) electrons. The van der Waals surface area contributed by atoms with E-state index in [0.717, 1.165) is 0 Å². The molecule has 0 aliphatic heterocycles.